The Kier molecular flexibility index (Phi) is 2.76. The number of imidazole rings is 1. The largest absolute Gasteiger partial charge is 0.327 e. The summed E-state index contributed by atoms with van der Waals surface area (Å²) < 4.78 is 2.18. The number of alkyl halides is 1. The SMILES string of the molecule is CC1CC1Cn1c(CCl)nc2c(C#N)cccc21. The van der Waals surface area contributed by atoms with Gasteiger partial charge in [-0.1, -0.05) is 13.0 Å². The van der Waals surface area contributed by atoms with Crippen LogP contribution in [0.3, 0.4) is 0 Å². The van der Waals surface area contributed by atoms with Gasteiger partial charge in [0.1, 0.15) is 17.4 Å². The van der Waals surface area contributed by atoms with Gasteiger partial charge in [0.15, 0.2) is 0 Å². The van der Waals surface area contributed by atoms with E-state index in [9.17, 15) is 0 Å². The van der Waals surface area contributed by atoms with Gasteiger partial charge < -0.3 is 4.57 Å². The predicted molar refractivity (Wildman–Crippen MR) is 71.3 cm³/mol. The molecule has 0 saturated heterocycles. The van der Waals surface area contributed by atoms with Gasteiger partial charge >= 0.3 is 0 Å². The van der Waals surface area contributed by atoms with Crippen LogP contribution in [0.4, 0.5) is 0 Å². The van der Waals surface area contributed by atoms with Crippen LogP contribution in [0.5, 0.6) is 0 Å². The third-order valence-electron chi connectivity index (χ3n) is 3.79. The van der Waals surface area contributed by atoms with E-state index < -0.39 is 0 Å². The van der Waals surface area contributed by atoms with Crippen molar-refractivity contribution in [2.75, 3.05) is 0 Å². The van der Waals surface area contributed by atoms with Gasteiger partial charge in [-0.2, -0.15) is 5.26 Å². The monoisotopic (exact) mass is 259 g/mol. The Morgan fingerprint density at radius 1 is 1.56 bits per heavy atom. The van der Waals surface area contributed by atoms with Gasteiger partial charge in [-0.3, -0.25) is 0 Å². The highest BCUT2D eigenvalue weighted by Gasteiger charge is 2.33. The summed E-state index contributed by atoms with van der Waals surface area (Å²) in [5.74, 6) is 2.79. The molecule has 2 aromatic rings. The van der Waals surface area contributed by atoms with Crippen LogP contribution < -0.4 is 0 Å². The summed E-state index contributed by atoms with van der Waals surface area (Å²) in [5.41, 5.74) is 2.44. The standard InChI is InChI=1S/C14H14ClN3/c1-9-5-11(9)8-18-12-4-2-3-10(7-16)14(12)17-13(18)6-15/h2-4,9,11H,5-6,8H2,1H3. The van der Waals surface area contributed by atoms with Gasteiger partial charge in [-0.15, -0.1) is 11.6 Å². The Morgan fingerprint density at radius 3 is 2.94 bits per heavy atom. The Labute approximate surface area is 111 Å². The molecule has 1 aliphatic rings. The fraction of sp³-hybridized carbons (Fsp3) is 0.429. The van der Waals surface area contributed by atoms with E-state index in [2.05, 4.69) is 22.5 Å². The highest BCUT2D eigenvalue weighted by molar-refractivity contribution is 6.16. The molecule has 1 saturated carbocycles. The number of halogens is 1. The lowest BCUT2D eigenvalue weighted by Gasteiger charge is -2.06. The van der Waals surface area contributed by atoms with Crippen molar-refractivity contribution in [3.8, 4) is 6.07 Å². The first kappa shape index (κ1) is 11.6. The van der Waals surface area contributed by atoms with E-state index in [-0.39, 0.29) is 0 Å². The first-order valence-corrected chi connectivity index (χ1v) is 6.72. The van der Waals surface area contributed by atoms with E-state index >= 15 is 0 Å². The van der Waals surface area contributed by atoms with E-state index in [0.717, 1.165) is 35.2 Å². The van der Waals surface area contributed by atoms with Crippen molar-refractivity contribution >= 4 is 22.6 Å². The molecule has 0 amide bonds. The van der Waals surface area contributed by atoms with Crippen LogP contribution in [0.1, 0.15) is 24.7 Å². The molecular weight excluding hydrogens is 246 g/mol. The molecular formula is C14H14ClN3. The molecule has 0 radical (unpaired) electrons. The van der Waals surface area contributed by atoms with E-state index in [1.807, 2.05) is 12.1 Å². The van der Waals surface area contributed by atoms with E-state index in [1.165, 1.54) is 6.42 Å². The normalized spacial score (nSPS) is 22.1. The molecule has 3 rings (SSSR count). The third-order valence-corrected chi connectivity index (χ3v) is 4.03. The molecule has 1 heterocycles. The smallest absolute Gasteiger partial charge is 0.124 e. The molecule has 1 aromatic heterocycles. The van der Waals surface area contributed by atoms with Crippen LogP contribution in [0.15, 0.2) is 18.2 Å². The number of hydrogen-bond donors (Lipinski definition) is 0. The molecule has 0 spiro atoms. The van der Waals surface area contributed by atoms with E-state index in [1.54, 1.807) is 6.07 Å². The average molecular weight is 260 g/mol. The molecule has 0 bridgehead atoms. The molecule has 18 heavy (non-hydrogen) atoms. The summed E-state index contributed by atoms with van der Waals surface area (Å²) >= 11 is 5.97. The minimum atomic E-state index is 0.390. The Bertz CT molecular complexity index is 638. The van der Waals surface area contributed by atoms with Crippen molar-refractivity contribution < 1.29 is 0 Å². The summed E-state index contributed by atoms with van der Waals surface area (Å²) in [4.78, 5) is 4.52. The van der Waals surface area contributed by atoms with Crippen LogP contribution in [0.25, 0.3) is 11.0 Å². The zero-order chi connectivity index (χ0) is 12.7. The minimum Gasteiger partial charge on any atom is -0.327 e. The van der Waals surface area contributed by atoms with Crippen molar-refractivity contribution in [2.45, 2.75) is 25.8 Å². The maximum absolute atomic E-state index is 9.11. The van der Waals surface area contributed by atoms with Crippen LogP contribution >= 0.6 is 11.6 Å². The van der Waals surface area contributed by atoms with Gasteiger partial charge in [0.2, 0.25) is 0 Å². The molecule has 1 fully saturated rings. The van der Waals surface area contributed by atoms with Crippen LogP contribution in [0, 0.1) is 23.2 Å². The summed E-state index contributed by atoms with van der Waals surface area (Å²) in [6.07, 6.45) is 1.28. The number of nitrogens with zero attached hydrogens (tertiary/aromatic N) is 3. The lowest BCUT2D eigenvalue weighted by Crippen LogP contribution is -2.04. The Hall–Kier alpha value is -1.53. The Morgan fingerprint density at radius 2 is 2.33 bits per heavy atom. The maximum atomic E-state index is 9.11. The number of para-hydroxylation sites is 1. The zero-order valence-corrected chi connectivity index (χ0v) is 11.0. The highest BCUT2D eigenvalue weighted by Crippen LogP contribution is 2.40. The fourth-order valence-corrected chi connectivity index (χ4v) is 2.68. The molecule has 1 aromatic carbocycles. The second-order valence-corrected chi connectivity index (χ2v) is 5.30. The first-order valence-electron chi connectivity index (χ1n) is 6.18. The molecule has 1 aliphatic carbocycles. The number of aromatic nitrogens is 2. The number of nitriles is 1. The summed E-state index contributed by atoms with van der Waals surface area (Å²) in [6, 6.07) is 7.93. The van der Waals surface area contributed by atoms with Crippen molar-refractivity contribution in [3.63, 3.8) is 0 Å². The first-order chi connectivity index (χ1) is 8.74. The van der Waals surface area contributed by atoms with Gasteiger partial charge in [0.25, 0.3) is 0 Å². The quantitative estimate of drug-likeness (QED) is 0.794. The topological polar surface area (TPSA) is 41.6 Å². The molecule has 92 valence electrons. The second-order valence-electron chi connectivity index (χ2n) is 5.03. The number of fused-ring (bicyclic) bond motifs is 1. The predicted octanol–water partition coefficient (Wildman–Crippen LogP) is 3.30. The maximum Gasteiger partial charge on any atom is 0.124 e. The van der Waals surface area contributed by atoms with E-state index in [0.29, 0.717) is 11.4 Å². The van der Waals surface area contributed by atoms with Gasteiger partial charge in [0.05, 0.1) is 17.0 Å². The van der Waals surface area contributed by atoms with Crippen molar-refractivity contribution in [1.29, 1.82) is 5.26 Å². The highest BCUT2D eigenvalue weighted by atomic mass is 35.5. The van der Waals surface area contributed by atoms with Crippen molar-refractivity contribution in [3.05, 3.63) is 29.6 Å². The summed E-state index contributed by atoms with van der Waals surface area (Å²) in [7, 11) is 0. The third kappa shape index (κ3) is 1.77. The molecule has 2 unspecified atom stereocenters. The van der Waals surface area contributed by atoms with Gasteiger partial charge in [-0.25, -0.2) is 4.98 Å². The van der Waals surface area contributed by atoms with Crippen LogP contribution in [-0.2, 0) is 12.4 Å². The molecule has 3 nitrogen and oxygen atoms in total. The molecule has 0 aliphatic heterocycles. The molecule has 4 heteroatoms. The molecule has 0 N–H and O–H groups in total. The van der Waals surface area contributed by atoms with Gasteiger partial charge in [0, 0.05) is 6.54 Å². The summed E-state index contributed by atoms with van der Waals surface area (Å²) in [5, 5.41) is 9.11. The number of hydrogen-bond acceptors (Lipinski definition) is 2. The van der Waals surface area contributed by atoms with Crippen molar-refractivity contribution in [1.82, 2.24) is 9.55 Å². The van der Waals surface area contributed by atoms with Crippen molar-refractivity contribution in [2.24, 2.45) is 11.8 Å². The lowest BCUT2D eigenvalue weighted by molar-refractivity contribution is 0.591. The van der Waals surface area contributed by atoms with E-state index in [4.69, 9.17) is 16.9 Å². The van der Waals surface area contributed by atoms with Gasteiger partial charge in [-0.05, 0) is 30.4 Å². The van der Waals surface area contributed by atoms with Crippen LogP contribution in [-0.4, -0.2) is 9.55 Å². The number of benzene rings is 1. The number of rotatable bonds is 3. The minimum absolute atomic E-state index is 0.390. The molecule has 2 atom stereocenters. The zero-order valence-electron chi connectivity index (χ0n) is 10.2. The Balaban J connectivity index is 2.13. The average Bonchev–Trinajstić information content (AvgIpc) is 2.96. The fourth-order valence-electron chi connectivity index (χ4n) is 2.48. The second kappa shape index (κ2) is 4.29. The lowest BCUT2D eigenvalue weighted by atomic mass is 10.2. The summed E-state index contributed by atoms with van der Waals surface area (Å²) in [6.45, 7) is 3.24. The van der Waals surface area contributed by atoms with Crippen LogP contribution in [0.2, 0.25) is 0 Å².